The maximum absolute atomic E-state index is 14.4. The predicted molar refractivity (Wildman–Crippen MR) is 143 cm³/mol. The van der Waals surface area contributed by atoms with E-state index in [9.17, 15) is 9.50 Å². The van der Waals surface area contributed by atoms with Gasteiger partial charge in [0.1, 0.15) is 18.7 Å². The van der Waals surface area contributed by atoms with E-state index in [0.29, 0.717) is 5.56 Å². The van der Waals surface area contributed by atoms with Gasteiger partial charge in [0.25, 0.3) is 0 Å². The quantitative estimate of drug-likeness (QED) is 0.283. The predicted octanol–water partition coefficient (Wildman–Crippen LogP) is 5.63. The van der Waals surface area contributed by atoms with E-state index in [-0.39, 0.29) is 17.6 Å². The average Bonchev–Trinajstić information content (AvgIpc) is 2.87. The molecule has 3 aromatic carbocycles. The summed E-state index contributed by atoms with van der Waals surface area (Å²) in [5.74, 6) is -0.143. The molecule has 6 nitrogen and oxygen atoms in total. The normalized spacial score (nSPS) is 14.6. The van der Waals surface area contributed by atoms with Gasteiger partial charge in [-0.25, -0.2) is 4.39 Å². The van der Waals surface area contributed by atoms with Crippen molar-refractivity contribution >= 4 is 22.8 Å². The van der Waals surface area contributed by atoms with E-state index in [1.807, 2.05) is 43.5 Å². The first-order valence-electron chi connectivity index (χ1n) is 12.0. The molecular formula is C29H29FN4O2. The van der Waals surface area contributed by atoms with Crippen LogP contribution in [-0.2, 0) is 4.84 Å². The molecule has 0 amide bonds. The third-order valence-corrected chi connectivity index (χ3v) is 6.71. The number of nitrogens with zero attached hydrogens (tertiary/aromatic N) is 3. The molecule has 2 heterocycles. The number of benzene rings is 3. The molecule has 1 aliphatic heterocycles. The van der Waals surface area contributed by atoms with Gasteiger partial charge in [0.2, 0.25) is 0 Å². The fourth-order valence-electron chi connectivity index (χ4n) is 4.87. The minimum atomic E-state index is -0.264. The van der Waals surface area contributed by atoms with Crippen LogP contribution in [0.1, 0.15) is 24.0 Å². The molecule has 1 aromatic heterocycles. The van der Waals surface area contributed by atoms with Crippen molar-refractivity contribution in [3.05, 3.63) is 77.7 Å². The van der Waals surface area contributed by atoms with E-state index < -0.39 is 0 Å². The Kier molecular flexibility index (Phi) is 6.57. The number of aromatic hydroxyl groups is 1. The minimum Gasteiger partial charge on any atom is -0.507 e. The topological polar surface area (TPSA) is 84.0 Å². The van der Waals surface area contributed by atoms with Crippen molar-refractivity contribution in [1.82, 2.24) is 4.98 Å². The van der Waals surface area contributed by atoms with Gasteiger partial charge in [-0.2, -0.15) is 0 Å². The summed E-state index contributed by atoms with van der Waals surface area (Å²) in [5.41, 5.74) is 13.1. The maximum atomic E-state index is 14.4. The maximum Gasteiger partial charge on any atom is 0.124 e. The zero-order chi connectivity index (χ0) is 25.2. The van der Waals surface area contributed by atoms with Gasteiger partial charge in [0, 0.05) is 41.8 Å². The molecule has 7 heteroatoms. The van der Waals surface area contributed by atoms with E-state index in [4.69, 9.17) is 15.6 Å². The lowest BCUT2D eigenvalue weighted by atomic mass is 9.95. The number of aryl methyl sites for hydroxylation is 1. The number of pyridine rings is 1. The second kappa shape index (κ2) is 9.95. The lowest BCUT2D eigenvalue weighted by molar-refractivity contribution is 0.215. The Morgan fingerprint density at radius 3 is 2.56 bits per heavy atom. The van der Waals surface area contributed by atoms with Crippen molar-refractivity contribution in [1.29, 1.82) is 0 Å². The van der Waals surface area contributed by atoms with Crippen LogP contribution in [0.2, 0.25) is 0 Å². The Balaban J connectivity index is 1.70. The van der Waals surface area contributed by atoms with Crippen LogP contribution in [0.25, 0.3) is 33.2 Å². The molecular weight excluding hydrogens is 455 g/mol. The van der Waals surface area contributed by atoms with E-state index in [1.165, 1.54) is 19.4 Å². The summed E-state index contributed by atoms with van der Waals surface area (Å²) in [6.45, 7) is 3.54. The summed E-state index contributed by atoms with van der Waals surface area (Å²) in [7, 11) is 1.46. The van der Waals surface area contributed by atoms with Crippen molar-refractivity contribution < 1.29 is 14.3 Å². The Morgan fingerprint density at radius 2 is 1.81 bits per heavy atom. The van der Waals surface area contributed by atoms with Crippen molar-refractivity contribution in [2.24, 2.45) is 10.9 Å². The van der Waals surface area contributed by atoms with Gasteiger partial charge in [0.05, 0.1) is 17.4 Å². The Morgan fingerprint density at radius 1 is 1.06 bits per heavy atom. The summed E-state index contributed by atoms with van der Waals surface area (Å²) < 4.78 is 14.4. The van der Waals surface area contributed by atoms with E-state index in [0.717, 1.165) is 70.3 Å². The number of nitrogens with two attached hydrogens (primary N) is 1. The number of piperidine rings is 1. The monoisotopic (exact) mass is 484 g/mol. The molecule has 0 unspecified atom stereocenters. The number of aromatic nitrogens is 1. The lowest BCUT2D eigenvalue weighted by Crippen LogP contribution is -2.40. The smallest absolute Gasteiger partial charge is 0.124 e. The number of hydrogen-bond acceptors (Lipinski definition) is 6. The van der Waals surface area contributed by atoms with Gasteiger partial charge in [0.15, 0.2) is 0 Å². The SMILES string of the molecule is CON=Cc1cc(-c2ccc3ncc(-c4cc(C)cc(F)c4)c(N4CCC(N)CC4)c3c2)ccc1O. The highest BCUT2D eigenvalue weighted by Gasteiger charge is 2.23. The third kappa shape index (κ3) is 4.75. The number of phenols is 1. The standard InChI is InChI=1S/C29H29FN4O2/c1-18-11-21(14-23(30)12-18)26-17-32-27-5-3-20(19-4-6-28(35)22(13-19)16-33-36-2)15-25(27)29(26)34-9-7-24(31)8-10-34/h3-6,11-17,24,35H,7-10,31H2,1-2H3. The molecule has 0 aliphatic carbocycles. The van der Waals surface area contributed by atoms with Gasteiger partial charge in [-0.1, -0.05) is 23.4 Å². The first-order chi connectivity index (χ1) is 17.4. The Hall–Kier alpha value is -3.97. The largest absolute Gasteiger partial charge is 0.507 e. The number of fused-ring (bicyclic) bond motifs is 1. The molecule has 4 aromatic rings. The molecule has 1 aliphatic rings. The first-order valence-corrected chi connectivity index (χ1v) is 12.0. The fraction of sp³-hybridized carbons (Fsp3) is 0.241. The number of halogens is 1. The highest BCUT2D eigenvalue weighted by Crippen LogP contribution is 2.40. The van der Waals surface area contributed by atoms with Crippen molar-refractivity contribution in [3.8, 4) is 28.0 Å². The third-order valence-electron chi connectivity index (χ3n) is 6.71. The van der Waals surface area contributed by atoms with Crippen LogP contribution in [0.3, 0.4) is 0 Å². The van der Waals surface area contributed by atoms with Crippen LogP contribution < -0.4 is 10.6 Å². The van der Waals surface area contributed by atoms with Crippen LogP contribution in [0.15, 0.2) is 65.9 Å². The van der Waals surface area contributed by atoms with E-state index >= 15 is 0 Å². The number of anilines is 1. The number of hydrogen-bond donors (Lipinski definition) is 2. The number of rotatable bonds is 5. The highest BCUT2D eigenvalue weighted by atomic mass is 19.1. The van der Waals surface area contributed by atoms with E-state index in [2.05, 4.69) is 16.1 Å². The van der Waals surface area contributed by atoms with Crippen LogP contribution in [0.4, 0.5) is 10.1 Å². The summed E-state index contributed by atoms with van der Waals surface area (Å²) in [5, 5.41) is 15.0. The number of phenolic OH excluding ortho intramolecular Hbond substituents is 1. The van der Waals surface area contributed by atoms with Crippen LogP contribution in [0.5, 0.6) is 5.75 Å². The Bertz CT molecular complexity index is 1420. The Labute approximate surface area is 209 Å². The molecule has 1 saturated heterocycles. The van der Waals surface area contributed by atoms with Crippen molar-refractivity contribution in [2.45, 2.75) is 25.8 Å². The summed E-state index contributed by atoms with van der Waals surface area (Å²) >= 11 is 0. The fourth-order valence-corrected chi connectivity index (χ4v) is 4.87. The molecule has 1 fully saturated rings. The van der Waals surface area contributed by atoms with E-state index in [1.54, 1.807) is 12.1 Å². The molecule has 3 N–H and O–H groups in total. The highest BCUT2D eigenvalue weighted by molar-refractivity contribution is 6.02. The van der Waals surface area contributed by atoms with Gasteiger partial charge < -0.3 is 20.6 Å². The van der Waals surface area contributed by atoms with Gasteiger partial charge >= 0.3 is 0 Å². The number of oxime groups is 1. The van der Waals surface area contributed by atoms with Gasteiger partial charge in [-0.3, -0.25) is 4.98 Å². The lowest BCUT2D eigenvalue weighted by Gasteiger charge is -2.34. The van der Waals surface area contributed by atoms with Crippen LogP contribution in [0, 0.1) is 12.7 Å². The van der Waals surface area contributed by atoms with Crippen molar-refractivity contribution in [2.75, 3.05) is 25.1 Å². The summed E-state index contributed by atoms with van der Waals surface area (Å²) in [6, 6.07) is 16.8. The molecule has 0 saturated carbocycles. The summed E-state index contributed by atoms with van der Waals surface area (Å²) in [6.07, 6.45) is 5.12. The van der Waals surface area contributed by atoms with Crippen LogP contribution >= 0.6 is 0 Å². The first kappa shape index (κ1) is 23.8. The second-order valence-electron chi connectivity index (χ2n) is 9.28. The average molecular weight is 485 g/mol. The zero-order valence-corrected chi connectivity index (χ0v) is 20.4. The molecule has 184 valence electrons. The summed E-state index contributed by atoms with van der Waals surface area (Å²) in [4.78, 5) is 11.9. The minimum absolute atomic E-state index is 0.121. The van der Waals surface area contributed by atoms with Crippen LogP contribution in [-0.4, -0.2) is 42.5 Å². The zero-order valence-electron chi connectivity index (χ0n) is 20.4. The van der Waals surface area contributed by atoms with Gasteiger partial charge in [-0.15, -0.1) is 0 Å². The molecule has 5 rings (SSSR count). The molecule has 0 bridgehead atoms. The second-order valence-corrected chi connectivity index (χ2v) is 9.28. The molecule has 36 heavy (non-hydrogen) atoms. The molecule has 0 radical (unpaired) electrons. The molecule has 0 atom stereocenters. The molecule has 0 spiro atoms. The van der Waals surface area contributed by atoms with Crippen molar-refractivity contribution in [3.63, 3.8) is 0 Å². The van der Waals surface area contributed by atoms with Gasteiger partial charge in [-0.05, 0) is 78.4 Å².